The molecule has 1 fully saturated rings. The first kappa shape index (κ1) is 12.8. The van der Waals surface area contributed by atoms with Crippen molar-refractivity contribution in [1.29, 1.82) is 0 Å². The molecular formula is C13H19N3O2. The van der Waals surface area contributed by atoms with Gasteiger partial charge in [-0.3, -0.25) is 10.1 Å². The number of nitrogens with one attached hydrogen (secondary N) is 1. The van der Waals surface area contributed by atoms with Crippen LogP contribution in [0.2, 0.25) is 0 Å². The van der Waals surface area contributed by atoms with Crippen LogP contribution < -0.4 is 5.32 Å². The molecule has 1 aromatic carbocycles. The highest BCUT2D eigenvalue weighted by molar-refractivity contribution is 5.53. The third-order valence-corrected chi connectivity index (χ3v) is 3.24. The maximum Gasteiger partial charge on any atom is 0.271 e. The van der Waals surface area contributed by atoms with Crippen LogP contribution >= 0.6 is 0 Å². The first-order valence-corrected chi connectivity index (χ1v) is 6.26. The molecule has 0 unspecified atom stereocenters. The number of benzene rings is 1. The zero-order chi connectivity index (χ0) is 13.1. The van der Waals surface area contributed by atoms with Crippen LogP contribution in [0.5, 0.6) is 0 Å². The van der Waals surface area contributed by atoms with E-state index in [1.165, 1.54) is 12.8 Å². The lowest BCUT2D eigenvalue weighted by Gasteiger charge is -2.16. The zero-order valence-corrected chi connectivity index (χ0v) is 10.8. The van der Waals surface area contributed by atoms with Gasteiger partial charge in [0.05, 0.1) is 4.92 Å². The number of hydrogen-bond donors (Lipinski definition) is 1. The van der Waals surface area contributed by atoms with Gasteiger partial charge in [-0.15, -0.1) is 0 Å². The van der Waals surface area contributed by atoms with E-state index in [0.717, 1.165) is 30.4 Å². The molecule has 0 heterocycles. The third kappa shape index (κ3) is 3.43. The molecule has 0 spiro atoms. The third-order valence-electron chi connectivity index (χ3n) is 3.24. The Morgan fingerprint density at radius 1 is 1.44 bits per heavy atom. The standard InChI is InChI=1S/C13H19N3O2/c1-10-7-11(9-13(8-10)16(17)18)14-5-6-15(2)12-3-4-12/h7-9,12,14H,3-6H2,1-2H3. The highest BCUT2D eigenvalue weighted by Crippen LogP contribution is 2.25. The predicted octanol–water partition coefficient (Wildman–Crippen LogP) is 2.41. The Hall–Kier alpha value is -1.62. The molecule has 0 radical (unpaired) electrons. The maximum absolute atomic E-state index is 10.8. The Bertz CT molecular complexity index is 444. The van der Waals surface area contributed by atoms with Crippen LogP contribution in [-0.2, 0) is 0 Å². The molecule has 1 saturated carbocycles. The average molecular weight is 249 g/mol. The van der Waals surface area contributed by atoms with E-state index in [9.17, 15) is 10.1 Å². The summed E-state index contributed by atoms with van der Waals surface area (Å²) < 4.78 is 0. The molecule has 0 saturated heterocycles. The summed E-state index contributed by atoms with van der Waals surface area (Å²) in [6.07, 6.45) is 2.60. The summed E-state index contributed by atoms with van der Waals surface area (Å²) >= 11 is 0. The predicted molar refractivity (Wildman–Crippen MR) is 72.0 cm³/mol. The van der Waals surface area contributed by atoms with E-state index in [-0.39, 0.29) is 10.6 Å². The second kappa shape index (κ2) is 5.35. The van der Waals surface area contributed by atoms with Gasteiger partial charge in [0.1, 0.15) is 0 Å². The fourth-order valence-electron chi connectivity index (χ4n) is 2.04. The first-order valence-electron chi connectivity index (χ1n) is 6.26. The summed E-state index contributed by atoms with van der Waals surface area (Å²) in [5, 5.41) is 14.0. The summed E-state index contributed by atoms with van der Waals surface area (Å²) in [4.78, 5) is 12.7. The number of rotatable bonds is 6. The average Bonchev–Trinajstić information content (AvgIpc) is 3.11. The van der Waals surface area contributed by atoms with Gasteiger partial charge < -0.3 is 10.2 Å². The molecule has 2 rings (SSSR count). The molecule has 1 aliphatic rings. The van der Waals surface area contributed by atoms with Gasteiger partial charge in [0.15, 0.2) is 0 Å². The van der Waals surface area contributed by atoms with Gasteiger partial charge in [0.2, 0.25) is 0 Å². The molecule has 5 heteroatoms. The first-order chi connectivity index (χ1) is 8.56. The zero-order valence-electron chi connectivity index (χ0n) is 10.8. The monoisotopic (exact) mass is 249 g/mol. The van der Waals surface area contributed by atoms with Crippen molar-refractivity contribution < 1.29 is 4.92 Å². The SMILES string of the molecule is Cc1cc(NCCN(C)C2CC2)cc([N+](=O)[O-])c1. The lowest BCUT2D eigenvalue weighted by atomic mass is 10.2. The van der Waals surface area contributed by atoms with E-state index in [1.54, 1.807) is 12.1 Å². The molecule has 0 aliphatic heterocycles. The van der Waals surface area contributed by atoms with Crippen LogP contribution in [0.3, 0.4) is 0 Å². The van der Waals surface area contributed by atoms with Gasteiger partial charge in [-0.25, -0.2) is 0 Å². The lowest BCUT2D eigenvalue weighted by Crippen LogP contribution is -2.27. The fraction of sp³-hybridized carbons (Fsp3) is 0.538. The van der Waals surface area contributed by atoms with Gasteiger partial charge in [-0.05, 0) is 38.4 Å². The molecule has 5 nitrogen and oxygen atoms in total. The summed E-state index contributed by atoms with van der Waals surface area (Å²) in [6, 6.07) is 5.86. The number of nitrogens with zero attached hydrogens (tertiary/aromatic N) is 2. The van der Waals surface area contributed by atoms with Crippen molar-refractivity contribution >= 4 is 11.4 Å². The van der Waals surface area contributed by atoms with Crippen molar-refractivity contribution in [2.24, 2.45) is 0 Å². The van der Waals surface area contributed by atoms with Crippen molar-refractivity contribution in [1.82, 2.24) is 4.90 Å². The van der Waals surface area contributed by atoms with Crippen molar-refractivity contribution in [3.05, 3.63) is 33.9 Å². The highest BCUT2D eigenvalue weighted by atomic mass is 16.6. The molecule has 1 aliphatic carbocycles. The topological polar surface area (TPSA) is 58.4 Å². The Balaban J connectivity index is 1.89. The van der Waals surface area contributed by atoms with E-state index >= 15 is 0 Å². The molecule has 1 N–H and O–H groups in total. The number of nitro benzene ring substituents is 1. The molecule has 0 bridgehead atoms. The van der Waals surface area contributed by atoms with Crippen LogP contribution in [-0.4, -0.2) is 36.0 Å². The van der Waals surface area contributed by atoms with E-state index in [1.807, 2.05) is 13.0 Å². The highest BCUT2D eigenvalue weighted by Gasteiger charge is 2.25. The Morgan fingerprint density at radius 3 is 2.78 bits per heavy atom. The van der Waals surface area contributed by atoms with Gasteiger partial charge in [0, 0.05) is 37.0 Å². The van der Waals surface area contributed by atoms with Gasteiger partial charge in [-0.2, -0.15) is 0 Å². The normalized spacial score (nSPS) is 14.8. The van der Waals surface area contributed by atoms with Gasteiger partial charge in [-0.1, -0.05) is 0 Å². The lowest BCUT2D eigenvalue weighted by molar-refractivity contribution is -0.384. The van der Waals surface area contributed by atoms with Crippen molar-refractivity contribution in [2.45, 2.75) is 25.8 Å². The smallest absolute Gasteiger partial charge is 0.271 e. The maximum atomic E-state index is 10.8. The molecule has 0 atom stereocenters. The molecule has 0 aromatic heterocycles. The van der Waals surface area contributed by atoms with Crippen LogP contribution in [0.1, 0.15) is 18.4 Å². The molecule has 1 aromatic rings. The Morgan fingerprint density at radius 2 is 2.17 bits per heavy atom. The summed E-state index contributed by atoms with van der Waals surface area (Å²) in [5.74, 6) is 0. The molecule has 18 heavy (non-hydrogen) atoms. The number of nitro groups is 1. The van der Waals surface area contributed by atoms with E-state index in [2.05, 4.69) is 17.3 Å². The van der Waals surface area contributed by atoms with Crippen LogP contribution in [0.15, 0.2) is 18.2 Å². The Labute approximate surface area is 107 Å². The second-order valence-electron chi connectivity index (χ2n) is 4.95. The van der Waals surface area contributed by atoms with Gasteiger partial charge >= 0.3 is 0 Å². The number of likely N-dealkylation sites (N-methyl/N-ethyl adjacent to an activating group) is 1. The van der Waals surface area contributed by atoms with Crippen molar-refractivity contribution in [3.63, 3.8) is 0 Å². The van der Waals surface area contributed by atoms with E-state index < -0.39 is 0 Å². The number of non-ortho nitro benzene ring substituents is 1. The van der Waals surface area contributed by atoms with Gasteiger partial charge in [0.25, 0.3) is 5.69 Å². The summed E-state index contributed by atoms with van der Waals surface area (Å²) in [6.45, 7) is 3.65. The Kier molecular flexibility index (Phi) is 3.81. The molecule has 0 amide bonds. The number of anilines is 1. The fourth-order valence-corrected chi connectivity index (χ4v) is 2.04. The second-order valence-corrected chi connectivity index (χ2v) is 4.95. The summed E-state index contributed by atoms with van der Waals surface area (Å²) in [5.41, 5.74) is 1.88. The number of aryl methyl sites for hydroxylation is 1. The number of hydrogen-bond acceptors (Lipinski definition) is 4. The minimum atomic E-state index is -0.353. The minimum Gasteiger partial charge on any atom is -0.384 e. The van der Waals surface area contributed by atoms with Crippen LogP contribution in [0.25, 0.3) is 0 Å². The largest absolute Gasteiger partial charge is 0.384 e. The van der Waals surface area contributed by atoms with E-state index in [0.29, 0.717) is 0 Å². The quantitative estimate of drug-likeness (QED) is 0.621. The van der Waals surface area contributed by atoms with E-state index in [4.69, 9.17) is 0 Å². The van der Waals surface area contributed by atoms with Crippen LogP contribution in [0, 0.1) is 17.0 Å². The minimum absolute atomic E-state index is 0.146. The van der Waals surface area contributed by atoms with Crippen molar-refractivity contribution in [3.8, 4) is 0 Å². The summed E-state index contributed by atoms with van der Waals surface area (Å²) in [7, 11) is 2.12. The van der Waals surface area contributed by atoms with Crippen molar-refractivity contribution in [2.75, 3.05) is 25.5 Å². The molecule has 98 valence electrons. The molecular weight excluding hydrogens is 230 g/mol. The van der Waals surface area contributed by atoms with Crippen LogP contribution in [0.4, 0.5) is 11.4 Å².